The number of benzene rings is 8. The number of fused-ring (bicyclic) bond motifs is 7. The van der Waals surface area contributed by atoms with Crippen molar-refractivity contribution in [3.8, 4) is 44.8 Å². The molecule has 1 aliphatic carbocycles. The third-order valence-corrected chi connectivity index (χ3v) is 10.5. The van der Waals surface area contributed by atoms with Gasteiger partial charge < -0.3 is 4.42 Å². The van der Waals surface area contributed by atoms with E-state index in [2.05, 4.69) is 164 Å². The van der Waals surface area contributed by atoms with Crippen LogP contribution in [0.25, 0.3) is 87.9 Å². The van der Waals surface area contributed by atoms with Gasteiger partial charge in [0.25, 0.3) is 0 Å². The number of aromatic nitrogens is 2. The molecule has 1 heterocycles. The van der Waals surface area contributed by atoms with E-state index in [1.807, 2.05) is 0 Å². The van der Waals surface area contributed by atoms with Crippen LogP contribution in [-0.2, 0) is 5.41 Å². The Labute approximate surface area is 278 Å². The average molecular weight is 615 g/mol. The molecule has 8 aromatic carbocycles. The van der Waals surface area contributed by atoms with Crippen molar-refractivity contribution < 1.29 is 4.42 Å². The lowest BCUT2D eigenvalue weighted by Crippen LogP contribution is -2.14. The molecule has 0 aliphatic heterocycles. The fraction of sp³-hybridized carbons (Fsp3) is 0.0667. The third kappa shape index (κ3) is 3.88. The van der Waals surface area contributed by atoms with Gasteiger partial charge in [-0.1, -0.05) is 117 Å². The summed E-state index contributed by atoms with van der Waals surface area (Å²) in [6.07, 6.45) is 1.40. The minimum atomic E-state index is -0.134. The number of hydrogen-bond donors (Lipinski definition) is 0. The van der Waals surface area contributed by atoms with Crippen molar-refractivity contribution in [2.45, 2.75) is 19.3 Å². The first-order valence-electron chi connectivity index (χ1n) is 16.5. The molecule has 9 aromatic rings. The van der Waals surface area contributed by atoms with Gasteiger partial charge >= 0.3 is 0 Å². The molecule has 0 N–H and O–H groups in total. The third-order valence-electron chi connectivity index (χ3n) is 10.5. The first kappa shape index (κ1) is 27.1. The molecule has 0 atom stereocenters. The van der Waals surface area contributed by atoms with Crippen LogP contribution in [0.2, 0.25) is 0 Å². The molecule has 0 amide bonds. The summed E-state index contributed by atoms with van der Waals surface area (Å²) in [5, 5.41) is 18.0. The van der Waals surface area contributed by atoms with Crippen molar-refractivity contribution in [2.24, 2.45) is 0 Å². The van der Waals surface area contributed by atoms with Gasteiger partial charge in [0, 0.05) is 11.0 Å². The molecule has 0 spiro atoms. The second-order valence-electron chi connectivity index (χ2n) is 13.5. The Hall–Kier alpha value is -6.06. The first-order valence-corrected chi connectivity index (χ1v) is 16.5. The lowest BCUT2D eigenvalue weighted by Gasteiger charge is -2.24. The molecule has 3 heteroatoms. The van der Waals surface area contributed by atoms with E-state index in [1.165, 1.54) is 88.6 Å². The standard InChI is InChI=1S/C45H30N2O/c1-45(2)40-14-8-7-13-34(40)36-24-38-39(25-41(36)45)43(32-18-16-28-10-4-6-12-30(28)22-32)37-23-33(44-47-46-26-48-44)19-20-35(37)42(38)31-17-15-27-9-3-5-11-29(27)21-31/h3-26H,1-2H3. The molecule has 0 radical (unpaired) electrons. The van der Waals surface area contributed by atoms with E-state index in [9.17, 15) is 0 Å². The fourth-order valence-corrected chi connectivity index (χ4v) is 8.16. The summed E-state index contributed by atoms with van der Waals surface area (Å²) in [6.45, 7) is 4.72. The molecule has 0 unspecified atom stereocenters. The lowest BCUT2D eigenvalue weighted by atomic mass is 9.79. The fourth-order valence-electron chi connectivity index (χ4n) is 8.16. The highest BCUT2D eigenvalue weighted by molar-refractivity contribution is 6.23. The smallest absolute Gasteiger partial charge is 0.247 e. The van der Waals surface area contributed by atoms with Gasteiger partial charge in [-0.25, -0.2) is 0 Å². The summed E-state index contributed by atoms with van der Waals surface area (Å²) in [7, 11) is 0. The molecule has 0 saturated heterocycles. The van der Waals surface area contributed by atoms with E-state index in [0.717, 1.165) is 10.9 Å². The van der Waals surface area contributed by atoms with Gasteiger partial charge in [-0.15, -0.1) is 10.2 Å². The first-order chi connectivity index (χ1) is 23.5. The second-order valence-corrected chi connectivity index (χ2v) is 13.5. The van der Waals surface area contributed by atoms with E-state index in [4.69, 9.17) is 4.42 Å². The van der Waals surface area contributed by atoms with E-state index in [-0.39, 0.29) is 5.41 Å². The molecular weight excluding hydrogens is 585 g/mol. The van der Waals surface area contributed by atoms with Gasteiger partial charge in [-0.2, -0.15) is 0 Å². The van der Waals surface area contributed by atoms with Crippen LogP contribution in [0, 0.1) is 0 Å². The molecule has 48 heavy (non-hydrogen) atoms. The summed E-state index contributed by atoms with van der Waals surface area (Å²) in [5.41, 5.74) is 11.0. The summed E-state index contributed by atoms with van der Waals surface area (Å²) < 4.78 is 5.72. The van der Waals surface area contributed by atoms with Crippen LogP contribution in [0.4, 0.5) is 0 Å². The zero-order valence-corrected chi connectivity index (χ0v) is 26.7. The number of nitrogens with zero attached hydrogens (tertiary/aromatic N) is 2. The number of hydrogen-bond acceptors (Lipinski definition) is 3. The van der Waals surface area contributed by atoms with Gasteiger partial charge in [0.15, 0.2) is 0 Å². The Morgan fingerprint density at radius 3 is 1.73 bits per heavy atom. The predicted octanol–water partition coefficient (Wildman–Crippen LogP) is 12.0. The van der Waals surface area contributed by atoms with Crippen molar-refractivity contribution in [2.75, 3.05) is 0 Å². The van der Waals surface area contributed by atoms with Crippen molar-refractivity contribution in [3.63, 3.8) is 0 Å². The molecular formula is C45H30N2O. The van der Waals surface area contributed by atoms with Crippen molar-refractivity contribution >= 4 is 43.1 Å². The minimum absolute atomic E-state index is 0.134. The lowest BCUT2D eigenvalue weighted by molar-refractivity contribution is 0.569. The van der Waals surface area contributed by atoms with E-state index in [1.54, 1.807) is 0 Å². The molecule has 10 rings (SSSR count). The SMILES string of the molecule is CC1(C)c2ccccc2-c2cc3c(-c4ccc5ccccc5c4)c4ccc(-c5nnco5)cc4c(-c4ccc5ccccc5c4)c3cc21. The highest BCUT2D eigenvalue weighted by Gasteiger charge is 2.36. The van der Waals surface area contributed by atoms with Crippen molar-refractivity contribution in [1.29, 1.82) is 0 Å². The molecule has 1 aliphatic rings. The van der Waals surface area contributed by atoms with Crippen molar-refractivity contribution in [1.82, 2.24) is 10.2 Å². The maximum Gasteiger partial charge on any atom is 0.247 e. The Bertz CT molecular complexity index is 2760. The zero-order chi connectivity index (χ0) is 32.0. The quantitative estimate of drug-likeness (QED) is 0.186. The molecule has 226 valence electrons. The van der Waals surface area contributed by atoms with Crippen LogP contribution >= 0.6 is 0 Å². The van der Waals surface area contributed by atoms with E-state index >= 15 is 0 Å². The summed E-state index contributed by atoms with van der Waals surface area (Å²) >= 11 is 0. The Morgan fingerprint density at radius 2 is 1.04 bits per heavy atom. The van der Waals surface area contributed by atoms with E-state index in [0.29, 0.717) is 5.89 Å². The largest absolute Gasteiger partial charge is 0.423 e. The average Bonchev–Trinajstić information content (AvgIpc) is 3.75. The Kier molecular flexibility index (Phi) is 5.63. The topological polar surface area (TPSA) is 38.9 Å². The molecule has 0 saturated carbocycles. The molecule has 1 aromatic heterocycles. The minimum Gasteiger partial charge on any atom is -0.423 e. The maximum atomic E-state index is 5.72. The van der Waals surface area contributed by atoms with Gasteiger partial charge in [0.2, 0.25) is 12.3 Å². The molecule has 3 nitrogen and oxygen atoms in total. The van der Waals surface area contributed by atoms with Gasteiger partial charge in [0.05, 0.1) is 0 Å². The van der Waals surface area contributed by atoms with Crippen LogP contribution in [0.1, 0.15) is 25.0 Å². The van der Waals surface area contributed by atoms with Gasteiger partial charge in [-0.05, 0) is 124 Å². The highest BCUT2D eigenvalue weighted by atomic mass is 16.4. The molecule has 0 fully saturated rings. The monoisotopic (exact) mass is 614 g/mol. The van der Waals surface area contributed by atoms with Crippen LogP contribution in [0.5, 0.6) is 0 Å². The predicted molar refractivity (Wildman–Crippen MR) is 198 cm³/mol. The maximum absolute atomic E-state index is 5.72. The van der Waals surface area contributed by atoms with Gasteiger partial charge in [0.1, 0.15) is 0 Å². The van der Waals surface area contributed by atoms with Crippen LogP contribution in [0.3, 0.4) is 0 Å². The highest BCUT2D eigenvalue weighted by Crippen LogP contribution is 2.53. The normalized spacial score (nSPS) is 13.4. The van der Waals surface area contributed by atoms with Gasteiger partial charge in [-0.3, -0.25) is 0 Å². The van der Waals surface area contributed by atoms with Crippen LogP contribution in [0.15, 0.2) is 150 Å². The van der Waals surface area contributed by atoms with Crippen molar-refractivity contribution in [3.05, 3.63) is 157 Å². The summed E-state index contributed by atoms with van der Waals surface area (Å²) in [5.74, 6) is 0.513. The van der Waals surface area contributed by atoms with Crippen LogP contribution < -0.4 is 0 Å². The van der Waals surface area contributed by atoms with Crippen LogP contribution in [-0.4, -0.2) is 10.2 Å². The Morgan fingerprint density at radius 1 is 0.458 bits per heavy atom. The zero-order valence-electron chi connectivity index (χ0n) is 26.7. The van der Waals surface area contributed by atoms with E-state index < -0.39 is 0 Å². The summed E-state index contributed by atoms with van der Waals surface area (Å²) in [6, 6.07) is 51.4. The Balaban J connectivity index is 1.41. The molecule has 0 bridgehead atoms. The summed E-state index contributed by atoms with van der Waals surface area (Å²) in [4.78, 5) is 0. The second kappa shape index (κ2) is 9.97. The number of rotatable bonds is 3.